The van der Waals surface area contributed by atoms with Crippen molar-refractivity contribution in [1.29, 1.82) is 0 Å². The SMILES string of the molecule is CCc1ccc(-c2ncc(C(=O)O)c(N(CC)CC)n2)cc1. The molecular weight excluding hydrogens is 278 g/mol. The summed E-state index contributed by atoms with van der Waals surface area (Å²) < 4.78 is 0. The Balaban J connectivity index is 2.49. The molecule has 2 rings (SSSR count). The minimum Gasteiger partial charge on any atom is -0.477 e. The van der Waals surface area contributed by atoms with Crippen molar-refractivity contribution in [2.75, 3.05) is 18.0 Å². The van der Waals surface area contributed by atoms with Crippen molar-refractivity contribution in [1.82, 2.24) is 9.97 Å². The van der Waals surface area contributed by atoms with Gasteiger partial charge in [0, 0.05) is 24.8 Å². The summed E-state index contributed by atoms with van der Waals surface area (Å²) in [5.74, 6) is 0.0198. The summed E-state index contributed by atoms with van der Waals surface area (Å²) in [7, 11) is 0. The topological polar surface area (TPSA) is 66.3 Å². The van der Waals surface area contributed by atoms with Gasteiger partial charge in [0.15, 0.2) is 5.82 Å². The van der Waals surface area contributed by atoms with Gasteiger partial charge in [0.1, 0.15) is 11.4 Å². The van der Waals surface area contributed by atoms with Crippen molar-refractivity contribution >= 4 is 11.8 Å². The average Bonchev–Trinajstić information content (AvgIpc) is 2.56. The highest BCUT2D eigenvalue weighted by Gasteiger charge is 2.18. The van der Waals surface area contributed by atoms with E-state index in [2.05, 4.69) is 16.9 Å². The Kier molecular flexibility index (Phi) is 5.09. The number of aromatic carboxylic acids is 1. The highest BCUT2D eigenvalue weighted by Crippen LogP contribution is 2.22. The summed E-state index contributed by atoms with van der Waals surface area (Å²) in [5, 5.41) is 9.33. The van der Waals surface area contributed by atoms with Crippen LogP contribution in [0.4, 0.5) is 5.82 Å². The predicted octanol–water partition coefficient (Wildman–Crippen LogP) is 3.25. The number of hydrogen-bond acceptors (Lipinski definition) is 4. The number of carbonyl (C=O) groups is 1. The Morgan fingerprint density at radius 3 is 2.27 bits per heavy atom. The Morgan fingerprint density at radius 1 is 1.14 bits per heavy atom. The van der Waals surface area contributed by atoms with Gasteiger partial charge in [0.05, 0.1) is 0 Å². The van der Waals surface area contributed by atoms with Crippen molar-refractivity contribution in [2.45, 2.75) is 27.2 Å². The van der Waals surface area contributed by atoms with Gasteiger partial charge in [0.2, 0.25) is 0 Å². The van der Waals surface area contributed by atoms with Gasteiger partial charge >= 0.3 is 5.97 Å². The predicted molar refractivity (Wildman–Crippen MR) is 87.4 cm³/mol. The number of carboxylic acid groups (broad SMARTS) is 1. The van der Waals surface area contributed by atoms with Crippen LogP contribution < -0.4 is 4.90 Å². The number of aryl methyl sites for hydroxylation is 1. The number of carboxylic acids is 1. The van der Waals surface area contributed by atoms with Gasteiger partial charge in [-0.15, -0.1) is 0 Å². The van der Waals surface area contributed by atoms with Gasteiger partial charge in [-0.2, -0.15) is 0 Å². The molecular formula is C17H21N3O2. The average molecular weight is 299 g/mol. The standard InChI is InChI=1S/C17H21N3O2/c1-4-12-7-9-13(10-8-12)15-18-11-14(17(21)22)16(19-15)20(5-2)6-3/h7-11H,4-6H2,1-3H3,(H,21,22). The molecule has 116 valence electrons. The van der Waals surface area contributed by atoms with Gasteiger partial charge < -0.3 is 10.0 Å². The first-order chi connectivity index (χ1) is 10.6. The molecule has 0 atom stereocenters. The molecule has 0 unspecified atom stereocenters. The highest BCUT2D eigenvalue weighted by atomic mass is 16.4. The van der Waals surface area contributed by atoms with E-state index < -0.39 is 5.97 Å². The lowest BCUT2D eigenvalue weighted by molar-refractivity contribution is 0.0696. The van der Waals surface area contributed by atoms with E-state index in [1.165, 1.54) is 11.8 Å². The molecule has 22 heavy (non-hydrogen) atoms. The van der Waals surface area contributed by atoms with Gasteiger partial charge in [-0.05, 0) is 25.8 Å². The Morgan fingerprint density at radius 2 is 1.77 bits per heavy atom. The van der Waals surface area contributed by atoms with Gasteiger partial charge in [0.25, 0.3) is 0 Å². The number of rotatable bonds is 6. The smallest absolute Gasteiger partial charge is 0.341 e. The molecule has 0 bridgehead atoms. The third kappa shape index (κ3) is 3.24. The lowest BCUT2D eigenvalue weighted by atomic mass is 10.1. The summed E-state index contributed by atoms with van der Waals surface area (Å²) in [6.45, 7) is 7.45. The second-order valence-corrected chi connectivity index (χ2v) is 4.96. The maximum absolute atomic E-state index is 11.4. The van der Waals surface area contributed by atoms with Crippen LogP contribution >= 0.6 is 0 Å². The van der Waals surface area contributed by atoms with Gasteiger partial charge in [-0.1, -0.05) is 31.2 Å². The summed E-state index contributed by atoms with van der Waals surface area (Å²) in [6, 6.07) is 8.03. The maximum atomic E-state index is 11.4. The molecule has 0 spiro atoms. The molecule has 0 fully saturated rings. The van der Waals surface area contributed by atoms with Crippen LogP contribution in [0.15, 0.2) is 30.5 Å². The normalized spacial score (nSPS) is 10.5. The largest absolute Gasteiger partial charge is 0.477 e. The monoisotopic (exact) mass is 299 g/mol. The molecule has 5 nitrogen and oxygen atoms in total. The number of benzene rings is 1. The fraction of sp³-hybridized carbons (Fsp3) is 0.353. The number of nitrogens with zero attached hydrogens (tertiary/aromatic N) is 3. The Labute approximate surface area is 130 Å². The van der Waals surface area contributed by atoms with Crippen molar-refractivity contribution in [3.63, 3.8) is 0 Å². The van der Waals surface area contributed by atoms with Crippen molar-refractivity contribution in [3.8, 4) is 11.4 Å². The van der Waals surface area contributed by atoms with E-state index in [1.54, 1.807) is 0 Å². The summed E-state index contributed by atoms with van der Waals surface area (Å²) in [5.41, 5.74) is 2.27. The van der Waals surface area contributed by atoms with Crippen LogP contribution in [0.2, 0.25) is 0 Å². The second-order valence-electron chi connectivity index (χ2n) is 4.96. The Bertz CT molecular complexity index is 649. The zero-order valence-electron chi connectivity index (χ0n) is 13.2. The van der Waals surface area contributed by atoms with E-state index in [1.807, 2.05) is 43.0 Å². The van der Waals surface area contributed by atoms with Gasteiger partial charge in [-0.3, -0.25) is 0 Å². The maximum Gasteiger partial charge on any atom is 0.341 e. The van der Waals surface area contributed by atoms with Crippen molar-refractivity contribution in [3.05, 3.63) is 41.6 Å². The molecule has 1 aromatic carbocycles. The van der Waals surface area contributed by atoms with E-state index in [0.717, 1.165) is 12.0 Å². The quantitative estimate of drug-likeness (QED) is 0.887. The van der Waals surface area contributed by atoms with Gasteiger partial charge in [-0.25, -0.2) is 14.8 Å². The molecule has 1 aromatic heterocycles. The highest BCUT2D eigenvalue weighted by molar-refractivity contribution is 5.93. The molecule has 0 saturated heterocycles. The van der Waals surface area contributed by atoms with Crippen LogP contribution in [-0.2, 0) is 6.42 Å². The third-order valence-electron chi connectivity index (χ3n) is 3.68. The molecule has 1 heterocycles. The second kappa shape index (κ2) is 7.02. The number of hydrogen-bond donors (Lipinski definition) is 1. The van der Waals surface area contributed by atoms with E-state index in [9.17, 15) is 9.90 Å². The van der Waals surface area contributed by atoms with Crippen LogP contribution in [0.25, 0.3) is 11.4 Å². The van der Waals surface area contributed by atoms with Crippen LogP contribution in [0.5, 0.6) is 0 Å². The van der Waals surface area contributed by atoms with Crippen LogP contribution in [0.3, 0.4) is 0 Å². The van der Waals surface area contributed by atoms with E-state index in [-0.39, 0.29) is 5.56 Å². The molecule has 0 aliphatic carbocycles. The molecule has 0 aliphatic heterocycles. The van der Waals surface area contributed by atoms with Crippen LogP contribution in [0, 0.1) is 0 Å². The number of anilines is 1. The molecule has 1 N–H and O–H groups in total. The summed E-state index contributed by atoms with van der Waals surface area (Å²) in [6.07, 6.45) is 2.37. The first kappa shape index (κ1) is 15.9. The molecule has 0 amide bonds. The zero-order valence-corrected chi connectivity index (χ0v) is 13.2. The molecule has 5 heteroatoms. The summed E-state index contributed by atoms with van der Waals surface area (Å²) >= 11 is 0. The van der Waals surface area contributed by atoms with Crippen LogP contribution in [0.1, 0.15) is 36.7 Å². The minimum absolute atomic E-state index is 0.137. The number of aromatic nitrogens is 2. The zero-order chi connectivity index (χ0) is 16.1. The summed E-state index contributed by atoms with van der Waals surface area (Å²) in [4.78, 5) is 22.0. The van der Waals surface area contributed by atoms with Crippen molar-refractivity contribution < 1.29 is 9.90 Å². The molecule has 0 aliphatic rings. The third-order valence-corrected chi connectivity index (χ3v) is 3.68. The minimum atomic E-state index is -1.00. The fourth-order valence-electron chi connectivity index (χ4n) is 2.32. The lowest BCUT2D eigenvalue weighted by Crippen LogP contribution is -2.26. The lowest BCUT2D eigenvalue weighted by Gasteiger charge is -2.21. The first-order valence-corrected chi connectivity index (χ1v) is 7.55. The van der Waals surface area contributed by atoms with Crippen LogP contribution in [-0.4, -0.2) is 34.1 Å². The van der Waals surface area contributed by atoms with Crippen molar-refractivity contribution in [2.24, 2.45) is 0 Å². The van der Waals surface area contributed by atoms with E-state index >= 15 is 0 Å². The fourth-order valence-corrected chi connectivity index (χ4v) is 2.32. The van der Waals surface area contributed by atoms with E-state index in [4.69, 9.17) is 0 Å². The first-order valence-electron chi connectivity index (χ1n) is 7.55. The van der Waals surface area contributed by atoms with E-state index in [0.29, 0.717) is 24.7 Å². The Hall–Kier alpha value is -2.43. The molecule has 0 saturated carbocycles. The molecule has 2 aromatic rings. The molecule has 0 radical (unpaired) electrons.